The van der Waals surface area contributed by atoms with E-state index in [0.29, 0.717) is 12.2 Å². The van der Waals surface area contributed by atoms with Gasteiger partial charge in [0.25, 0.3) is 0 Å². The molecular weight excluding hydrogens is 441 g/mol. The number of nitrogens with one attached hydrogen (secondary N) is 2. The molecule has 1 saturated heterocycles. The van der Waals surface area contributed by atoms with Gasteiger partial charge in [0.15, 0.2) is 5.96 Å². The van der Waals surface area contributed by atoms with Crippen molar-refractivity contribution in [3.05, 3.63) is 30.1 Å². The van der Waals surface area contributed by atoms with Gasteiger partial charge in [0.2, 0.25) is 0 Å². The summed E-state index contributed by atoms with van der Waals surface area (Å²) in [5.41, 5.74) is 1.10. The first-order valence-corrected chi connectivity index (χ1v) is 9.47. The molecule has 0 spiro atoms. The Labute approximate surface area is 175 Å². The molecule has 7 heteroatoms. The third-order valence-corrected chi connectivity index (χ3v) is 4.14. The van der Waals surface area contributed by atoms with Gasteiger partial charge in [-0.3, -0.25) is 14.9 Å². The Balaban J connectivity index is 0.00000338. The van der Waals surface area contributed by atoms with E-state index in [1.54, 1.807) is 0 Å². The average molecular weight is 475 g/mol. The molecule has 1 aliphatic heterocycles. The van der Waals surface area contributed by atoms with Crippen molar-refractivity contribution in [2.75, 3.05) is 39.3 Å². The maximum absolute atomic E-state index is 5.78. The molecule has 1 aromatic rings. The number of morpholine rings is 1. The molecule has 0 saturated carbocycles. The van der Waals surface area contributed by atoms with Crippen molar-refractivity contribution >= 4 is 29.9 Å². The summed E-state index contributed by atoms with van der Waals surface area (Å²) in [5.74, 6) is 0.891. The maximum atomic E-state index is 5.78. The molecule has 0 aromatic carbocycles. The van der Waals surface area contributed by atoms with Crippen molar-refractivity contribution in [3.8, 4) is 0 Å². The second-order valence-electron chi connectivity index (χ2n) is 6.63. The van der Waals surface area contributed by atoms with Gasteiger partial charge >= 0.3 is 0 Å². The van der Waals surface area contributed by atoms with Crippen LogP contribution in [-0.2, 0) is 11.2 Å². The fraction of sp³-hybridized carbons (Fsp3) is 0.684. The summed E-state index contributed by atoms with van der Waals surface area (Å²) in [7, 11) is 0. The summed E-state index contributed by atoms with van der Waals surface area (Å²) in [6.45, 7) is 12.0. The third-order valence-electron chi connectivity index (χ3n) is 4.14. The molecule has 0 radical (unpaired) electrons. The number of ether oxygens (including phenoxy) is 1. The predicted molar refractivity (Wildman–Crippen MR) is 118 cm³/mol. The Morgan fingerprint density at radius 2 is 2.04 bits per heavy atom. The van der Waals surface area contributed by atoms with E-state index in [-0.39, 0.29) is 24.0 Å². The van der Waals surface area contributed by atoms with E-state index in [2.05, 4.69) is 52.3 Å². The predicted octanol–water partition coefficient (Wildman–Crippen LogP) is 2.30. The highest BCUT2D eigenvalue weighted by molar-refractivity contribution is 14.0. The van der Waals surface area contributed by atoms with Crippen molar-refractivity contribution in [3.63, 3.8) is 0 Å². The lowest BCUT2D eigenvalue weighted by atomic mass is 10.2. The van der Waals surface area contributed by atoms with Crippen LogP contribution in [0.25, 0.3) is 0 Å². The first-order valence-electron chi connectivity index (χ1n) is 9.47. The smallest absolute Gasteiger partial charge is 0.191 e. The number of aliphatic imine (C=N–C) groups is 1. The zero-order chi connectivity index (χ0) is 17.9. The number of hydrogen-bond donors (Lipinski definition) is 2. The molecule has 2 atom stereocenters. The van der Waals surface area contributed by atoms with Crippen molar-refractivity contribution in [2.45, 2.75) is 45.8 Å². The van der Waals surface area contributed by atoms with E-state index in [0.717, 1.165) is 63.8 Å². The topological polar surface area (TPSA) is 61.8 Å². The van der Waals surface area contributed by atoms with Gasteiger partial charge in [-0.25, -0.2) is 0 Å². The van der Waals surface area contributed by atoms with Crippen LogP contribution in [0.3, 0.4) is 0 Å². The van der Waals surface area contributed by atoms with Crippen molar-refractivity contribution in [1.29, 1.82) is 0 Å². The van der Waals surface area contributed by atoms with Gasteiger partial charge in [-0.05, 0) is 39.3 Å². The van der Waals surface area contributed by atoms with Crippen LogP contribution >= 0.6 is 24.0 Å². The summed E-state index contributed by atoms with van der Waals surface area (Å²) >= 11 is 0. The highest BCUT2D eigenvalue weighted by Gasteiger charge is 2.21. The van der Waals surface area contributed by atoms with Gasteiger partial charge in [-0.2, -0.15) is 0 Å². The lowest BCUT2D eigenvalue weighted by molar-refractivity contribution is -0.0679. The Bertz CT molecular complexity index is 504. The normalized spacial score (nSPS) is 21.1. The fourth-order valence-electron chi connectivity index (χ4n) is 3.15. The quantitative estimate of drug-likeness (QED) is 0.262. The molecule has 26 heavy (non-hydrogen) atoms. The minimum absolute atomic E-state index is 0. The Morgan fingerprint density at radius 1 is 1.27 bits per heavy atom. The monoisotopic (exact) mass is 475 g/mol. The second kappa shape index (κ2) is 13.3. The molecule has 1 aromatic heterocycles. The van der Waals surface area contributed by atoms with Gasteiger partial charge < -0.3 is 15.4 Å². The average Bonchev–Trinajstić information content (AvgIpc) is 2.59. The van der Waals surface area contributed by atoms with E-state index >= 15 is 0 Å². The van der Waals surface area contributed by atoms with Crippen molar-refractivity contribution in [1.82, 2.24) is 20.5 Å². The zero-order valence-electron chi connectivity index (χ0n) is 16.3. The molecule has 1 aliphatic rings. The number of aromatic nitrogens is 1. The van der Waals surface area contributed by atoms with Gasteiger partial charge in [-0.1, -0.05) is 6.07 Å². The van der Waals surface area contributed by atoms with Crippen LogP contribution < -0.4 is 10.6 Å². The van der Waals surface area contributed by atoms with E-state index in [1.807, 2.05) is 18.3 Å². The number of halogens is 1. The fourth-order valence-corrected chi connectivity index (χ4v) is 3.15. The number of hydrogen-bond acceptors (Lipinski definition) is 4. The van der Waals surface area contributed by atoms with E-state index in [4.69, 9.17) is 4.74 Å². The van der Waals surface area contributed by atoms with Gasteiger partial charge in [0, 0.05) is 57.6 Å². The molecular formula is C19H34IN5O. The van der Waals surface area contributed by atoms with Gasteiger partial charge in [0.05, 0.1) is 12.2 Å². The van der Waals surface area contributed by atoms with Crippen LogP contribution in [0.5, 0.6) is 0 Å². The van der Waals surface area contributed by atoms with Gasteiger partial charge in [0.1, 0.15) is 0 Å². The number of rotatable bonds is 8. The first kappa shape index (κ1) is 23.1. The van der Waals surface area contributed by atoms with Crippen LogP contribution in [0, 0.1) is 0 Å². The second-order valence-corrected chi connectivity index (χ2v) is 6.63. The summed E-state index contributed by atoms with van der Waals surface area (Å²) < 4.78 is 5.78. The van der Waals surface area contributed by atoms with E-state index in [9.17, 15) is 0 Å². The molecule has 6 nitrogen and oxygen atoms in total. The maximum Gasteiger partial charge on any atom is 0.191 e. The molecule has 0 amide bonds. The molecule has 1 fully saturated rings. The summed E-state index contributed by atoms with van der Waals surface area (Å²) in [6, 6.07) is 6.02. The first-order chi connectivity index (χ1) is 12.2. The molecule has 2 unspecified atom stereocenters. The third kappa shape index (κ3) is 9.14. The number of guanidine groups is 1. The lowest BCUT2D eigenvalue weighted by Gasteiger charge is -2.35. The lowest BCUT2D eigenvalue weighted by Crippen LogP contribution is -2.45. The number of nitrogens with zero attached hydrogens (tertiary/aromatic N) is 3. The van der Waals surface area contributed by atoms with Crippen LogP contribution in [0.1, 0.15) is 32.9 Å². The Morgan fingerprint density at radius 3 is 2.69 bits per heavy atom. The molecule has 2 N–H and O–H groups in total. The van der Waals surface area contributed by atoms with Crippen LogP contribution in [0.4, 0.5) is 0 Å². The summed E-state index contributed by atoms with van der Waals surface area (Å²) in [5, 5.41) is 6.69. The van der Waals surface area contributed by atoms with Crippen LogP contribution in [-0.4, -0.2) is 67.3 Å². The number of pyridine rings is 1. The summed E-state index contributed by atoms with van der Waals surface area (Å²) in [4.78, 5) is 11.5. The SMILES string of the molecule is CCNC(=NCCCN1CC(C)OC(C)C1)NCCc1ccccn1.I. The molecule has 148 valence electrons. The standard InChI is InChI=1S/C19H33N5O.HI/c1-4-20-19(23-12-9-18-8-5-6-10-21-18)22-11-7-13-24-14-16(2)25-17(3)15-24;/h5-6,8,10,16-17H,4,7,9,11-15H2,1-3H3,(H2,20,22,23);1H. The van der Waals surface area contributed by atoms with Crippen molar-refractivity contribution in [2.24, 2.45) is 4.99 Å². The van der Waals surface area contributed by atoms with Crippen LogP contribution in [0.15, 0.2) is 29.4 Å². The van der Waals surface area contributed by atoms with Gasteiger partial charge in [-0.15, -0.1) is 24.0 Å². The summed E-state index contributed by atoms with van der Waals surface area (Å²) in [6.07, 6.45) is 4.46. The molecule has 0 bridgehead atoms. The van der Waals surface area contributed by atoms with Crippen LogP contribution in [0.2, 0.25) is 0 Å². The molecule has 2 rings (SSSR count). The Hall–Kier alpha value is -0.930. The molecule has 0 aliphatic carbocycles. The van der Waals surface area contributed by atoms with Crippen molar-refractivity contribution < 1.29 is 4.74 Å². The van der Waals surface area contributed by atoms with E-state index < -0.39 is 0 Å². The Kier molecular flexibility index (Phi) is 11.8. The highest BCUT2D eigenvalue weighted by atomic mass is 127. The molecule has 2 heterocycles. The highest BCUT2D eigenvalue weighted by Crippen LogP contribution is 2.10. The zero-order valence-corrected chi connectivity index (χ0v) is 18.6. The minimum Gasteiger partial charge on any atom is -0.373 e. The minimum atomic E-state index is 0. The van der Waals surface area contributed by atoms with E-state index in [1.165, 1.54) is 0 Å². The largest absolute Gasteiger partial charge is 0.373 e.